The van der Waals surface area contributed by atoms with E-state index in [0.29, 0.717) is 0 Å². The first-order valence-electron chi connectivity index (χ1n) is 6.81. The first kappa shape index (κ1) is 14.0. The third kappa shape index (κ3) is 4.06. The molecule has 1 N–H and O–H groups in total. The Labute approximate surface area is 117 Å². The molecule has 1 saturated carbocycles. The van der Waals surface area contributed by atoms with E-state index in [1.807, 2.05) is 6.07 Å². The maximum Gasteiger partial charge on any atom is 0.124 e. The van der Waals surface area contributed by atoms with E-state index in [2.05, 4.69) is 28.2 Å². The quantitative estimate of drug-likeness (QED) is 0.862. The van der Waals surface area contributed by atoms with Crippen LogP contribution in [0.15, 0.2) is 22.7 Å². The topological polar surface area (TPSA) is 12.0 Å². The standard InChI is InChI=1S/C15H21BrFN/c1-11-4-2-3-5-13(11)10-18-9-12-6-14(16)8-15(17)7-12/h6-8,11,13,18H,2-5,9-10H2,1H3. The van der Waals surface area contributed by atoms with Crippen LogP contribution < -0.4 is 5.32 Å². The van der Waals surface area contributed by atoms with Crippen molar-refractivity contribution in [2.45, 2.75) is 39.2 Å². The lowest BCUT2D eigenvalue weighted by molar-refractivity contribution is 0.247. The highest BCUT2D eigenvalue weighted by Gasteiger charge is 2.20. The van der Waals surface area contributed by atoms with E-state index >= 15 is 0 Å². The van der Waals surface area contributed by atoms with Crippen LogP contribution in [-0.4, -0.2) is 6.54 Å². The van der Waals surface area contributed by atoms with Crippen molar-refractivity contribution in [2.24, 2.45) is 11.8 Å². The highest BCUT2D eigenvalue weighted by atomic mass is 79.9. The van der Waals surface area contributed by atoms with E-state index in [1.165, 1.54) is 31.7 Å². The fourth-order valence-electron chi connectivity index (χ4n) is 2.81. The molecular formula is C15H21BrFN. The third-order valence-corrected chi connectivity index (χ3v) is 4.40. The second-order valence-corrected chi connectivity index (χ2v) is 6.35. The summed E-state index contributed by atoms with van der Waals surface area (Å²) in [5, 5.41) is 3.47. The van der Waals surface area contributed by atoms with Gasteiger partial charge in [0, 0.05) is 11.0 Å². The van der Waals surface area contributed by atoms with Gasteiger partial charge in [-0.1, -0.05) is 42.1 Å². The number of halogens is 2. The Morgan fingerprint density at radius 3 is 2.78 bits per heavy atom. The molecule has 0 heterocycles. The van der Waals surface area contributed by atoms with Gasteiger partial charge in [-0.2, -0.15) is 0 Å². The van der Waals surface area contributed by atoms with Crippen molar-refractivity contribution in [1.29, 1.82) is 0 Å². The maximum atomic E-state index is 13.2. The van der Waals surface area contributed by atoms with Gasteiger partial charge in [0.1, 0.15) is 5.82 Å². The van der Waals surface area contributed by atoms with Crippen LogP contribution in [0, 0.1) is 17.7 Å². The van der Waals surface area contributed by atoms with E-state index in [-0.39, 0.29) is 5.82 Å². The maximum absolute atomic E-state index is 13.2. The number of hydrogen-bond acceptors (Lipinski definition) is 1. The zero-order valence-corrected chi connectivity index (χ0v) is 12.5. The largest absolute Gasteiger partial charge is 0.312 e. The molecule has 3 heteroatoms. The van der Waals surface area contributed by atoms with Crippen molar-refractivity contribution in [3.05, 3.63) is 34.1 Å². The summed E-state index contributed by atoms with van der Waals surface area (Å²) in [7, 11) is 0. The van der Waals surface area contributed by atoms with E-state index in [1.54, 1.807) is 6.07 Å². The van der Waals surface area contributed by atoms with Gasteiger partial charge in [-0.25, -0.2) is 4.39 Å². The minimum Gasteiger partial charge on any atom is -0.312 e. The van der Waals surface area contributed by atoms with E-state index < -0.39 is 0 Å². The van der Waals surface area contributed by atoms with Gasteiger partial charge in [-0.3, -0.25) is 0 Å². The summed E-state index contributed by atoms with van der Waals surface area (Å²) in [5.74, 6) is 1.44. The lowest BCUT2D eigenvalue weighted by Gasteiger charge is -2.28. The summed E-state index contributed by atoms with van der Waals surface area (Å²) < 4.78 is 14.0. The Morgan fingerprint density at radius 2 is 2.06 bits per heavy atom. The predicted octanol–water partition coefficient (Wildman–Crippen LogP) is 4.50. The van der Waals surface area contributed by atoms with Crippen LogP contribution in [0.4, 0.5) is 4.39 Å². The van der Waals surface area contributed by atoms with Crippen LogP contribution in [-0.2, 0) is 6.54 Å². The van der Waals surface area contributed by atoms with E-state index in [0.717, 1.165) is 35.0 Å². The molecule has 100 valence electrons. The third-order valence-electron chi connectivity index (χ3n) is 3.95. The second-order valence-electron chi connectivity index (χ2n) is 5.43. The van der Waals surface area contributed by atoms with Crippen molar-refractivity contribution in [2.75, 3.05) is 6.54 Å². The number of rotatable bonds is 4. The van der Waals surface area contributed by atoms with Gasteiger partial charge in [0.05, 0.1) is 0 Å². The van der Waals surface area contributed by atoms with Crippen LogP contribution in [0.2, 0.25) is 0 Å². The summed E-state index contributed by atoms with van der Waals surface area (Å²) in [6, 6.07) is 5.06. The molecule has 0 aromatic heterocycles. The minimum atomic E-state index is -0.174. The summed E-state index contributed by atoms with van der Waals surface area (Å²) in [4.78, 5) is 0. The molecule has 18 heavy (non-hydrogen) atoms. The Bertz CT molecular complexity index is 374. The Kier molecular flexibility index (Phi) is 5.19. The molecular weight excluding hydrogens is 293 g/mol. The Morgan fingerprint density at radius 1 is 1.28 bits per heavy atom. The van der Waals surface area contributed by atoms with Crippen LogP contribution in [0.1, 0.15) is 38.2 Å². The second kappa shape index (κ2) is 6.67. The van der Waals surface area contributed by atoms with Crippen molar-refractivity contribution in [3.8, 4) is 0 Å². The number of hydrogen-bond donors (Lipinski definition) is 1. The van der Waals surface area contributed by atoms with Gasteiger partial charge in [0.2, 0.25) is 0 Å². The summed E-state index contributed by atoms with van der Waals surface area (Å²) in [6.07, 6.45) is 5.44. The van der Waals surface area contributed by atoms with Gasteiger partial charge >= 0.3 is 0 Å². The van der Waals surface area contributed by atoms with Crippen molar-refractivity contribution < 1.29 is 4.39 Å². The molecule has 1 fully saturated rings. The first-order valence-corrected chi connectivity index (χ1v) is 7.60. The molecule has 1 nitrogen and oxygen atoms in total. The predicted molar refractivity (Wildman–Crippen MR) is 76.9 cm³/mol. The van der Waals surface area contributed by atoms with Crippen LogP contribution >= 0.6 is 15.9 Å². The van der Waals surface area contributed by atoms with E-state index in [4.69, 9.17) is 0 Å². The average molecular weight is 314 g/mol. The molecule has 2 unspecified atom stereocenters. The molecule has 0 amide bonds. The normalized spacial score (nSPS) is 24.2. The molecule has 0 aliphatic heterocycles. The summed E-state index contributed by atoms with van der Waals surface area (Å²) in [6.45, 7) is 4.15. The molecule has 0 saturated heterocycles. The zero-order valence-electron chi connectivity index (χ0n) is 10.9. The van der Waals surface area contributed by atoms with Crippen LogP contribution in [0.25, 0.3) is 0 Å². The molecule has 0 bridgehead atoms. The summed E-state index contributed by atoms with van der Waals surface area (Å²) in [5.41, 5.74) is 1.00. The van der Waals surface area contributed by atoms with Gasteiger partial charge in [-0.05, 0) is 48.6 Å². The number of benzene rings is 1. The fourth-order valence-corrected chi connectivity index (χ4v) is 3.32. The van der Waals surface area contributed by atoms with Crippen molar-refractivity contribution >= 4 is 15.9 Å². The molecule has 0 spiro atoms. The van der Waals surface area contributed by atoms with Crippen molar-refractivity contribution in [3.63, 3.8) is 0 Å². The van der Waals surface area contributed by atoms with Gasteiger partial charge in [0.15, 0.2) is 0 Å². The monoisotopic (exact) mass is 313 g/mol. The fraction of sp³-hybridized carbons (Fsp3) is 0.600. The molecule has 1 aromatic rings. The van der Waals surface area contributed by atoms with E-state index in [9.17, 15) is 4.39 Å². The summed E-state index contributed by atoms with van der Waals surface area (Å²) >= 11 is 3.32. The Hall–Kier alpha value is -0.410. The Balaban J connectivity index is 1.80. The molecule has 0 radical (unpaired) electrons. The van der Waals surface area contributed by atoms with Gasteiger partial charge in [0.25, 0.3) is 0 Å². The lowest BCUT2D eigenvalue weighted by Crippen LogP contribution is -2.29. The smallest absolute Gasteiger partial charge is 0.124 e. The highest BCUT2D eigenvalue weighted by Crippen LogP contribution is 2.28. The molecule has 1 aliphatic rings. The zero-order chi connectivity index (χ0) is 13.0. The van der Waals surface area contributed by atoms with Gasteiger partial charge in [-0.15, -0.1) is 0 Å². The molecule has 1 aromatic carbocycles. The highest BCUT2D eigenvalue weighted by molar-refractivity contribution is 9.10. The van der Waals surface area contributed by atoms with Gasteiger partial charge < -0.3 is 5.32 Å². The molecule has 1 aliphatic carbocycles. The molecule has 2 atom stereocenters. The first-order chi connectivity index (χ1) is 8.65. The minimum absolute atomic E-state index is 0.174. The molecule has 2 rings (SSSR count). The lowest BCUT2D eigenvalue weighted by atomic mass is 9.80. The van der Waals surface area contributed by atoms with Crippen molar-refractivity contribution in [1.82, 2.24) is 5.32 Å². The van der Waals surface area contributed by atoms with Crippen LogP contribution in [0.5, 0.6) is 0 Å². The van der Waals surface area contributed by atoms with Crippen LogP contribution in [0.3, 0.4) is 0 Å². The number of nitrogens with one attached hydrogen (secondary N) is 1. The average Bonchev–Trinajstić information content (AvgIpc) is 2.30. The SMILES string of the molecule is CC1CCCCC1CNCc1cc(F)cc(Br)c1.